The number of hydrogen-bond acceptors (Lipinski definition) is 2. The third kappa shape index (κ3) is 3.46. The topological polar surface area (TPSA) is 17.1 Å². The maximum atomic E-state index is 11.6. The van der Waals surface area contributed by atoms with E-state index in [4.69, 9.17) is 4.11 Å². The van der Waals surface area contributed by atoms with E-state index in [0.717, 1.165) is 10.6 Å². The summed E-state index contributed by atoms with van der Waals surface area (Å²) in [6.45, 7) is -2.57. The number of hydrogen-bond donors (Lipinski definition) is 0. The second-order valence-corrected chi connectivity index (χ2v) is 4.68. The lowest BCUT2D eigenvalue weighted by Crippen LogP contribution is -1.90. The molecule has 0 heterocycles. The van der Waals surface area contributed by atoms with E-state index in [9.17, 15) is 4.79 Å². The van der Waals surface area contributed by atoms with Gasteiger partial charge in [-0.1, -0.05) is 42.5 Å². The molecule has 86 valence electrons. The van der Waals surface area contributed by atoms with Crippen LogP contribution in [-0.4, -0.2) is 5.78 Å². The maximum Gasteiger partial charge on any atom is 0.159 e. The van der Waals surface area contributed by atoms with E-state index in [-0.39, 0.29) is 5.56 Å². The van der Waals surface area contributed by atoms with Gasteiger partial charge in [-0.2, -0.15) is 0 Å². The molecule has 0 aliphatic rings. The zero-order chi connectivity index (χ0) is 14.6. The molecule has 0 aliphatic carbocycles. The minimum absolute atomic E-state index is 0.231. The highest BCUT2D eigenvalue weighted by Crippen LogP contribution is 2.22. The van der Waals surface area contributed by atoms with Crippen molar-refractivity contribution < 1.29 is 8.91 Å². The van der Waals surface area contributed by atoms with Crippen molar-refractivity contribution in [1.29, 1.82) is 0 Å². The van der Waals surface area contributed by atoms with E-state index in [1.54, 1.807) is 36.0 Å². The van der Waals surface area contributed by atoms with Crippen LogP contribution >= 0.6 is 11.8 Å². The molecule has 0 unspecified atom stereocenters. The van der Waals surface area contributed by atoms with Crippen LogP contribution in [0, 0.1) is 0 Å². The zero-order valence-corrected chi connectivity index (χ0v) is 10.0. The second-order valence-electron chi connectivity index (χ2n) is 3.63. The van der Waals surface area contributed by atoms with Crippen LogP contribution in [0.4, 0.5) is 0 Å². The Morgan fingerprint density at radius 3 is 2.47 bits per heavy atom. The third-order valence-electron chi connectivity index (χ3n) is 2.36. The maximum absolute atomic E-state index is 11.6. The standard InChI is InChI=1S/C15H14OS/c1-12(16)14-7-9-15(10-8-14)17-11-13-5-3-2-4-6-13/h2-10H,11H2,1H3/i1D3. The average Bonchev–Trinajstić information content (AvgIpc) is 2.45. The molecule has 2 aromatic carbocycles. The van der Waals surface area contributed by atoms with E-state index >= 15 is 0 Å². The first-order chi connectivity index (χ1) is 9.47. The van der Waals surface area contributed by atoms with Crippen LogP contribution in [0.2, 0.25) is 0 Å². The molecule has 0 amide bonds. The minimum atomic E-state index is -2.57. The van der Waals surface area contributed by atoms with Gasteiger partial charge in [0.15, 0.2) is 5.78 Å². The quantitative estimate of drug-likeness (QED) is 0.593. The van der Waals surface area contributed by atoms with E-state index in [0.29, 0.717) is 0 Å². The molecule has 0 bridgehead atoms. The molecule has 0 atom stereocenters. The molecule has 0 aromatic heterocycles. The smallest absolute Gasteiger partial charge is 0.159 e. The van der Waals surface area contributed by atoms with E-state index in [1.165, 1.54) is 5.56 Å². The van der Waals surface area contributed by atoms with Gasteiger partial charge in [-0.3, -0.25) is 4.79 Å². The van der Waals surface area contributed by atoms with Crippen LogP contribution in [-0.2, 0) is 5.75 Å². The Morgan fingerprint density at radius 1 is 1.12 bits per heavy atom. The molecule has 0 N–H and O–H groups in total. The normalized spacial score (nSPS) is 13.5. The summed E-state index contributed by atoms with van der Waals surface area (Å²) < 4.78 is 21.3. The predicted octanol–water partition coefficient (Wildman–Crippen LogP) is 4.18. The summed E-state index contributed by atoms with van der Waals surface area (Å²) in [5.41, 5.74) is 1.45. The molecule has 2 aromatic rings. The number of Topliss-reactive ketones (excluding diaryl/α,β-unsaturated/α-hetero) is 1. The average molecular weight is 245 g/mol. The summed E-state index contributed by atoms with van der Waals surface area (Å²) in [7, 11) is 0. The first-order valence-corrected chi connectivity index (χ1v) is 6.27. The van der Waals surface area contributed by atoms with Crippen molar-refractivity contribution >= 4 is 17.5 Å². The fourth-order valence-electron chi connectivity index (χ4n) is 1.44. The molecule has 0 saturated heterocycles. The first-order valence-electron chi connectivity index (χ1n) is 6.78. The van der Waals surface area contributed by atoms with Crippen LogP contribution < -0.4 is 0 Å². The van der Waals surface area contributed by atoms with Gasteiger partial charge >= 0.3 is 0 Å². The summed E-state index contributed by atoms with van der Waals surface area (Å²) >= 11 is 1.65. The summed E-state index contributed by atoms with van der Waals surface area (Å²) in [5, 5.41) is 0. The molecule has 1 nitrogen and oxygen atoms in total. The predicted molar refractivity (Wildman–Crippen MR) is 72.4 cm³/mol. The zero-order valence-electron chi connectivity index (χ0n) is 12.2. The van der Waals surface area contributed by atoms with Crippen LogP contribution in [0.1, 0.15) is 26.9 Å². The molecule has 17 heavy (non-hydrogen) atoms. The van der Waals surface area contributed by atoms with E-state index in [1.807, 2.05) is 18.2 Å². The first kappa shape index (κ1) is 8.54. The molecule has 0 radical (unpaired) electrons. The SMILES string of the molecule is [2H]C([2H])([2H])C(=O)c1ccc(SCc2ccccc2)cc1. The Morgan fingerprint density at radius 2 is 1.82 bits per heavy atom. The van der Waals surface area contributed by atoms with Crippen molar-refractivity contribution in [3.63, 3.8) is 0 Å². The largest absolute Gasteiger partial charge is 0.295 e. The lowest BCUT2D eigenvalue weighted by Gasteiger charge is -2.02. The number of carbonyl (C=O) groups is 1. The number of rotatable bonds is 4. The van der Waals surface area contributed by atoms with Crippen molar-refractivity contribution in [2.24, 2.45) is 0 Å². The van der Waals surface area contributed by atoms with E-state index in [2.05, 4.69) is 12.1 Å². The molecular formula is C15H14OS. The van der Waals surface area contributed by atoms with Gasteiger partial charge in [-0.15, -0.1) is 11.8 Å². The molecule has 2 rings (SSSR count). The third-order valence-corrected chi connectivity index (χ3v) is 3.45. The molecular weight excluding hydrogens is 228 g/mol. The minimum Gasteiger partial charge on any atom is -0.295 e. The number of benzene rings is 2. The Kier molecular flexibility index (Phi) is 2.86. The van der Waals surface area contributed by atoms with Gasteiger partial charge in [-0.25, -0.2) is 0 Å². The Bertz CT molecular complexity index is 576. The molecule has 2 heteroatoms. The van der Waals surface area contributed by atoms with Gasteiger partial charge in [0.05, 0.1) is 0 Å². The number of carbonyl (C=O) groups excluding carboxylic acids is 1. The highest BCUT2D eigenvalue weighted by Gasteiger charge is 1.99. The van der Waals surface area contributed by atoms with Crippen molar-refractivity contribution in [2.45, 2.75) is 17.5 Å². The number of thioether (sulfide) groups is 1. The summed E-state index contributed by atoms with van der Waals surface area (Å²) in [6.07, 6.45) is 0. The van der Waals surface area contributed by atoms with E-state index < -0.39 is 12.6 Å². The highest BCUT2D eigenvalue weighted by atomic mass is 32.2. The monoisotopic (exact) mass is 245 g/mol. The van der Waals surface area contributed by atoms with Gasteiger partial charge in [0.25, 0.3) is 0 Å². The molecule has 0 spiro atoms. The van der Waals surface area contributed by atoms with Crippen LogP contribution in [0.5, 0.6) is 0 Å². The molecule has 0 aliphatic heterocycles. The number of ketones is 1. The lowest BCUT2D eigenvalue weighted by molar-refractivity contribution is 0.101. The molecule has 0 saturated carbocycles. The fraction of sp³-hybridized carbons (Fsp3) is 0.133. The van der Waals surface area contributed by atoms with Crippen molar-refractivity contribution in [1.82, 2.24) is 0 Å². The Hall–Kier alpha value is -1.54. The van der Waals surface area contributed by atoms with Gasteiger partial charge in [0, 0.05) is 20.3 Å². The van der Waals surface area contributed by atoms with Gasteiger partial charge in [0.1, 0.15) is 0 Å². The summed E-state index contributed by atoms with van der Waals surface area (Å²) in [4.78, 5) is 12.6. The Labute approximate surface area is 110 Å². The van der Waals surface area contributed by atoms with Gasteiger partial charge in [-0.05, 0) is 24.5 Å². The lowest BCUT2D eigenvalue weighted by atomic mass is 10.2. The summed E-state index contributed by atoms with van der Waals surface area (Å²) in [5.74, 6) is 0.0324. The Balaban J connectivity index is 2.00. The highest BCUT2D eigenvalue weighted by molar-refractivity contribution is 7.98. The molecule has 0 fully saturated rings. The van der Waals surface area contributed by atoms with Crippen LogP contribution in [0.3, 0.4) is 0 Å². The van der Waals surface area contributed by atoms with Crippen molar-refractivity contribution in [3.8, 4) is 0 Å². The van der Waals surface area contributed by atoms with Crippen LogP contribution in [0.25, 0.3) is 0 Å². The van der Waals surface area contributed by atoms with Crippen molar-refractivity contribution in [2.75, 3.05) is 0 Å². The van der Waals surface area contributed by atoms with Gasteiger partial charge in [0.2, 0.25) is 0 Å². The van der Waals surface area contributed by atoms with Crippen molar-refractivity contribution in [3.05, 3.63) is 65.7 Å². The van der Waals surface area contributed by atoms with Gasteiger partial charge < -0.3 is 0 Å². The fourth-order valence-corrected chi connectivity index (χ4v) is 2.30. The van der Waals surface area contributed by atoms with Crippen LogP contribution in [0.15, 0.2) is 59.5 Å². The second kappa shape index (κ2) is 5.69. The summed E-state index contributed by atoms with van der Waals surface area (Å²) in [6, 6.07) is 16.8.